The van der Waals surface area contributed by atoms with E-state index in [0.29, 0.717) is 42.9 Å². The maximum Gasteiger partial charge on any atom is 0.292 e. The Morgan fingerprint density at radius 3 is 2.66 bits per heavy atom. The highest BCUT2D eigenvalue weighted by molar-refractivity contribution is 9.10. The molecule has 0 bridgehead atoms. The van der Waals surface area contributed by atoms with Gasteiger partial charge in [-0.1, -0.05) is 0 Å². The van der Waals surface area contributed by atoms with Crippen LogP contribution in [0.25, 0.3) is 0 Å². The number of amides is 1. The number of aromatic nitrogens is 1. The molecule has 29 heavy (non-hydrogen) atoms. The van der Waals surface area contributed by atoms with Crippen molar-refractivity contribution >= 4 is 49.2 Å². The lowest BCUT2D eigenvalue weighted by Gasteiger charge is -2.35. The molecule has 0 radical (unpaired) electrons. The number of carbonyl (C=O) groups excluding carboxylic acids is 1. The quantitative estimate of drug-likeness (QED) is 0.526. The van der Waals surface area contributed by atoms with Crippen molar-refractivity contribution in [1.82, 2.24) is 14.6 Å². The fourth-order valence-corrected chi connectivity index (χ4v) is 4.75. The molecule has 0 spiro atoms. The number of nitrogen functional groups attached to an aromatic ring is 1. The highest BCUT2D eigenvalue weighted by Gasteiger charge is 2.26. The first-order chi connectivity index (χ1) is 13.8. The summed E-state index contributed by atoms with van der Waals surface area (Å²) in [6.07, 6.45) is 1.19. The van der Waals surface area contributed by atoms with Crippen LogP contribution in [0.5, 0.6) is 0 Å². The van der Waals surface area contributed by atoms with Gasteiger partial charge in [-0.15, -0.1) is 0 Å². The zero-order chi connectivity index (χ0) is 21.0. The van der Waals surface area contributed by atoms with Crippen LogP contribution < -0.4 is 21.3 Å². The standard InChI is InChI=1S/C17H23BrN6O4S/c1-20-4-9-29(26,27)24-7-5-23(6-8-24)12-2-3-13(18)14(10-12)21-16(25)15-11-28-17(19)22-15/h2-3,10-11,20H,4-9H2,1H3,(H2,19,22)(H,21,25). The SMILES string of the molecule is CNCCS(=O)(=O)N1CCN(c2ccc(Br)c(NC(=O)c3coc(N)n3)c2)CC1. The molecule has 2 aromatic rings. The van der Waals surface area contributed by atoms with Crippen LogP contribution in [0.1, 0.15) is 10.5 Å². The van der Waals surface area contributed by atoms with Crippen molar-refractivity contribution in [3.63, 3.8) is 0 Å². The molecule has 12 heteroatoms. The van der Waals surface area contributed by atoms with E-state index in [1.165, 1.54) is 10.6 Å². The lowest BCUT2D eigenvalue weighted by atomic mass is 10.2. The number of benzene rings is 1. The summed E-state index contributed by atoms with van der Waals surface area (Å²) < 4.78 is 31.8. The molecule has 1 fully saturated rings. The van der Waals surface area contributed by atoms with Crippen molar-refractivity contribution in [2.75, 3.05) is 61.5 Å². The van der Waals surface area contributed by atoms with Crippen LogP contribution in [-0.4, -0.2) is 69.1 Å². The van der Waals surface area contributed by atoms with Crippen LogP contribution in [0, 0.1) is 0 Å². The molecule has 0 atom stereocenters. The predicted octanol–water partition coefficient (Wildman–Crippen LogP) is 0.943. The summed E-state index contributed by atoms with van der Waals surface area (Å²) in [4.78, 5) is 18.2. The van der Waals surface area contributed by atoms with Gasteiger partial charge in [0, 0.05) is 42.9 Å². The lowest BCUT2D eigenvalue weighted by molar-refractivity contribution is 0.102. The molecule has 2 heterocycles. The average molecular weight is 487 g/mol. The second kappa shape index (κ2) is 9.11. The Bertz CT molecular complexity index is 972. The third kappa shape index (κ3) is 5.26. The summed E-state index contributed by atoms with van der Waals surface area (Å²) in [6.45, 7) is 2.39. The Labute approximate surface area is 177 Å². The number of halogens is 1. The van der Waals surface area contributed by atoms with Crippen LogP contribution in [-0.2, 0) is 10.0 Å². The van der Waals surface area contributed by atoms with Gasteiger partial charge in [-0.3, -0.25) is 4.79 Å². The smallest absolute Gasteiger partial charge is 0.292 e. The molecule has 0 aliphatic carbocycles. The van der Waals surface area contributed by atoms with E-state index in [2.05, 4.69) is 36.4 Å². The van der Waals surface area contributed by atoms with E-state index < -0.39 is 15.9 Å². The number of nitrogens with zero attached hydrogens (tertiary/aromatic N) is 3. The number of piperazine rings is 1. The molecule has 1 aliphatic rings. The number of anilines is 3. The van der Waals surface area contributed by atoms with Gasteiger partial charge in [-0.2, -0.15) is 9.29 Å². The molecule has 1 aromatic carbocycles. The number of hydrogen-bond donors (Lipinski definition) is 3. The molecular weight excluding hydrogens is 464 g/mol. The lowest BCUT2D eigenvalue weighted by Crippen LogP contribution is -2.50. The second-order valence-corrected chi connectivity index (χ2v) is 9.44. The van der Waals surface area contributed by atoms with Crippen molar-refractivity contribution in [2.24, 2.45) is 0 Å². The first-order valence-corrected chi connectivity index (χ1v) is 11.4. The highest BCUT2D eigenvalue weighted by Crippen LogP contribution is 2.29. The van der Waals surface area contributed by atoms with E-state index in [1.54, 1.807) is 7.05 Å². The van der Waals surface area contributed by atoms with E-state index in [9.17, 15) is 13.2 Å². The molecule has 1 aromatic heterocycles. The van der Waals surface area contributed by atoms with Gasteiger partial charge in [0.2, 0.25) is 10.0 Å². The van der Waals surface area contributed by atoms with Crippen molar-refractivity contribution in [3.05, 3.63) is 34.6 Å². The fraction of sp³-hybridized carbons (Fsp3) is 0.412. The summed E-state index contributed by atoms with van der Waals surface area (Å²) >= 11 is 3.43. The summed E-state index contributed by atoms with van der Waals surface area (Å²) in [6, 6.07) is 5.50. The first kappa shape index (κ1) is 21.6. The zero-order valence-electron chi connectivity index (χ0n) is 15.9. The molecule has 3 rings (SSSR count). The summed E-state index contributed by atoms with van der Waals surface area (Å²) in [5, 5.41) is 5.64. The second-order valence-electron chi connectivity index (χ2n) is 6.49. The highest BCUT2D eigenvalue weighted by atomic mass is 79.9. The molecule has 1 amide bonds. The summed E-state index contributed by atoms with van der Waals surface area (Å²) in [5.41, 5.74) is 6.94. The van der Waals surface area contributed by atoms with Gasteiger partial charge < -0.3 is 25.7 Å². The minimum Gasteiger partial charge on any atom is -0.431 e. The van der Waals surface area contributed by atoms with Gasteiger partial charge >= 0.3 is 0 Å². The van der Waals surface area contributed by atoms with Gasteiger partial charge in [0.25, 0.3) is 11.9 Å². The molecule has 0 saturated carbocycles. The molecule has 0 unspecified atom stereocenters. The summed E-state index contributed by atoms with van der Waals surface area (Å²) in [5.74, 6) is -0.353. The molecule has 158 valence electrons. The zero-order valence-corrected chi connectivity index (χ0v) is 18.3. The number of nitrogens with one attached hydrogen (secondary N) is 2. The maximum atomic E-state index is 12.3. The number of oxazole rings is 1. The molecule has 1 saturated heterocycles. The summed E-state index contributed by atoms with van der Waals surface area (Å²) in [7, 11) is -1.53. The molecule has 10 nitrogen and oxygen atoms in total. The topological polar surface area (TPSA) is 134 Å². The molecule has 4 N–H and O–H groups in total. The number of sulfonamides is 1. The average Bonchev–Trinajstić information content (AvgIpc) is 3.15. The number of nitrogens with two attached hydrogens (primary N) is 1. The van der Waals surface area contributed by atoms with Gasteiger partial charge in [-0.05, 0) is 41.2 Å². The first-order valence-electron chi connectivity index (χ1n) is 8.99. The minimum absolute atomic E-state index is 0.0782. The van der Waals surface area contributed by atoms with E-state index in [-0.39, 0.29) is 17.5 Å². The van der Waals surface area contributed by atoms with Crippen LogP contribution in [0.4, 0.5) is 17.4 Å². The number of rotatable bonds is 7. The number of carbonyl (C=O) groups is 1. The van der Waals surface area contributed by atoms with E-state index in [4.69, 9.17) is 10.2 Å². The van der Waals surface area contributed by atoms with Crippen molar-refractivity contribution < 1.29 is 17.6 Å². The third-order valence-corrected chi connectivity index (χ3v) is 7.12. The normalized spacial score (nSPS) is 15.4. The van der Waals surface area contributed by atoms with Crippen molar-refractivity contribution in [1.29, 1.82) is 0 Å². The van der Waals surface area contributed by atoms with Crippen LogP contribution >= 0.6 is 15.9 Å². The van der Waals surface area contributed by atoms with E-state index in [1.807, 2.05) is 18.2 Å². The fourth-order valence-electron chi connectivity index (χ4n) is 2.97. The van der Waals surface area contributed by atoms with Crippen molar-refractivity contribution in [2.45, 2.75) is 0 Å². The maximum absolute atomic E-state index is 12.3. The van der Waals surface area contributed by atoms with Crippen LogP contribution in [0.15, 0.2) is 33.4 Å². The third-order valence-electron chi connectivity index (χ3n) is 4.56. The van der Waals surface area contributed by atoms with Gasteiger partial charge in [0.15, 0.2) is 5.69 Å². The Morgan fingerprint density at radius 1 is 1.31 bits per heavy atom. The van der Waals surface area contributed by atoms with Gasteiger partial charge in [0.1, 0.15) is 6.26 Å². The monoisotopic (exact) mass is 486 g/mol. The Hall–Kier alpha value is -2.15. The Balaban J connectivity index is 1.66. The Kier molecular flexibility index (Phi) is 6.77. The van der Waals surface area contributed by atoms with Crippen molar-refractivity contribution in [3.8, 4) is 0 Å². The number of hydrogen-bond acceptors (Lipinski definition) is 8. The molecule has 1 aliphatic heterocycles. The Morgan fingerprint density at radius 2 is 2.03 bits per heavy atom. The van der Waals surface area contributed by atoms with Gasteiger partial charge in [0.05, 0.1) is 11.4 Å². The predicted molar refractivity (Wildman–Crippen MR) is 115 cm³/mol. The minimum atomic E-state index is -3.26. The van der Waals surface area contributed by atoms with E-state index >= 15 is 0 Å². The largest absolute Gasteiger partial charge is 0.431 e. The van der Waals surface area contributed by atoms with Gasteiger partial charge in [-0.25, -0.2) is 8.42 Å². The van der Waals surface area contributed by atoms with Crippen LogP contribution in [0.2, 0.25) is 0 Å². The molecular formula is C17H23BrN6O4S. The van der Waals surface area contributed by atoms with Crippen LogP contribution in [0.3, 0.4) is 0 Å². The van der Waals surface area contributed by atoms with E-state index in [0.717, 1.165) is 5.69 Å².